The van der Waals surface area contributed by atoms with Crippen molar-refractivity contribution in [2.24, 2.45) is 5.41 Å². The number of hydrogen-bond acceptors (Lipinski definition) is 2. The summed E-state index contributed by atoms with van der Waals surface area (Å²) in [6.07, 6.45) is 5.80. The summed E-state index contributed by atoms with van der Waals surface area (Å²) in [6.45, 7) is 4.50. The van der Waals surface area contributed by atoms with E-state index in [0.29, 0.717) is 0 Å². The van der Waals surface area contributed by atoms with Gasteiger partial charge >= 0.3 is 0 Å². The lowest BCUT2D eigenvalue weighted by molar-refractivity contribution is -0.0439. The molecule has 1 saturated carbocycles. The van der Waals surface area contributed by atoms with Crippen molar-refractivity contribution in [1.82, 2.24) is 4.98 Å². The molecule has 1 aliphatic rings. The van der Waals surface area contributed by atoms with Crippen LogP contribution in [0.5, 0.6) is 0 Å². The Hall–Kier alpha value is -1.41. The van der Waals surface area contributed by atoms with E-state index in [0.717, 1.165) is 35.7 Å². The van der Waals surface area contributed by atoms with Gasteiger partial charge in [0.1, 0.15) is 0 Å². The average Bonchev–Trinajstić information content (AvgIpc) is 2.36. The van der Waals surface area contributed by atoms with Crippen molar-refractivity contribution >= 4 is 10.9 Å². The maximum absolute atomic E-state index is 11.0. The second-order valence-corrected chi connectivity index (χ2v) is 6.64. The molecule has 1 aromatic carbocycles. The highest BCUT2D eigenvalue weighted by Crippen LogP contribution is 2.46. The fourth-order valence-electron chi connectivity index (χ4n) is 3.44. The van der Waals surface area contributed by atoms with Crippen LogP contribution in [-0.4, -0.2) is 10.1 Å². The topological polar surface area (TPSA) is 33.1 Å². The summed E-state index contributed by atoms with van der Waals surface area (Å²) in [4.78, 5) is 4.34. The van der Waals surface area contributed by atoms with Crippen LogP contribution >= 0.6 is 0 Å². The van der Waals surface area contributed by atoms with Crippen molar-refractivity contribution in [2.45, 2.75) is 45.1 Å². The number of aromatic nitrogens is 1. The van der Waals surface area contributed by atoms with E-state index < -0.39 is 5.60 Å². The van der Waals surface area contributed by atoms with Gasteiger partial charge in [-0.05, 0) is 54.9 Å². The highest BCUT2D eigenvalue weighted by molar-refractivity contribution is 5.79. The van der Waals surface area contributed by atoms with E-state index in [2.05, 4.69) is 31.0 Å². The van der Waals surface area contributed by atoms with E-state index in [1.807, 2.05) is 18.2 Å². The lowest BCUT2D eigenvalue weighted by Crippen LogP contribution is -2.36. The molecule has 0 spiro atoms. The molecule has 1 aliphatic carbocycles. The number of nitrogens with zero attached hydrogens (tertiary/aromatic N) is 1. The molecule has 2 heteroatoms. The van der Waals surface area contributed by atoms with E-state index >= 15 is 0 Å². The molecule has 1 atom stereocenters. The molecule has 0 saturated heterocycles. The fourth-order valence-corrected chi connectivity index (χ4v) is 3.44. The first kappa shape index (κ1) is 12.6. The van der Waals surface area contributed by atoms with Crippen LogP contribution in [0.2, 0.25) is 0 Å². The average molecular weight is 255 g/mol. The molecule has 0 bridgehead atoms. The van der Waals surface area contributed by atoms with Crippen molar-refractivity contribution in [1.29, 1.82) is 0 Å². The second-order valence-electron chi connectivity index (χ2n) is 6.64. The Kier molecular flexibility index (Phi) is 2.86. The summed E-state index contributed by atoms with van der Waals surface area (Å²) in [5, 5.41) is 12.1. The van der Waals surface area contributed by atoms with Crippen molar-refractivity contribution in [3.63, 3.8) is 0 Å². The Morgan fingerprint density at radius 2 is 2.00 bits per heavy atom. The normalized spacial score (nSPS) is 26.5. The van der Waals surface area contributed by atoms with Crippen LogP contribution in [0.1, 0.15) is 45.1 Å². The molecule has 2 nitrogen and oxygen atoms in total. The second kappa shape index (κ2) is 4.31. The minimum atomic E-state index is -0.675. The van der Waals surface area contributed by atoms with Crippen LogP contribution in [0.25, 0.3) is 10.9 Å². The lowest BCUT2D eigenvalue weighted by Gasteiger charge is -2.42. The lowest BCUT2D eigenvalue weighted by atomic mass is 9.67. The zero-order valence-corrected chi connectivity index (χ0v) is 11.7. The van der Waals surface area contributed by atoms with E-state index in [4.69, 9.17) is 0 Å². The summed E-state index contributed by atoms with van der Waals surface area (Å²) in [5.74, 6) is 0. The first-order valence-electron chi connectivity index (χ1n) is 7.06. The number of hydrogen-bond donors (Lipinski definition) is 1. The van der Waals surface area contributed by atoms with Gasteiger partial charge in [-0.25, -0.2) is 0 Å². The van der Waals surface area contributed by atoms with Crippen LogP contribution in [0.15, 0.2) is 36.5 Å². The number of rotatable bonds is 1. The maximum atomic E-state index is 11.0. The van der Waals surface area contributed by atoms with Gasteiger partial charge in [-0.15, -0.1) is 0 Å². The summed E-state index contributed by atoms with van der Waals surface area (Å²) >= 11 is 0. The van der Waals surface area contributed by atoms with Crippen molar-refractivity contribution < 1.29 is 5.11 Å². The van der Waals surface area contributed by atoms with Gasteiger partial charge in [0.15, 0.2) is 0 Å². The van der Waals surface area contributed by atoms with Crippen LogP contribution in [0.3, 0.4) is 0 Å². The molecule has 3 rings (SSSR count). The fraction of sp³-hybridized carbons (Fsp3) is 0.471. The molecule has 1 heterocycles. The smallest absolute Gasteiger partial charge is 0.0901 e. The molecule has 1 fully saturated rings. The predicted molar refractivity (Wildman–Crippen MR) is 77.9 cm³/mol. The van der Waals surface area contributed by atoms with Gasteiger partial charge in [0, 0.05) is 11.6 Å². The minimum absolute atomic E-state index is 0.219. The Labute approximate surface area is 114 Å². The Morgan fingerprint density at radius 3 is 2.79 bits per heavy atom. The standard InChI is InChI=1S/C17H21NO/c1-16(2)8-4-9-17(19,12-16)14-6-7-15-13(11-14)5-3-10-18-15/h3,5-7,10-11,19H,4,8-9,12H2,1-2H3. The van der Waals surface area contributed by atoms with E-state index in [1.165, 1.54) is 6.42 Å². The monoisotopic (exact) mass is 255 g/mol. The highest BCUT2D eigenvalue weighted by Gasteiger charge is 2.39. The number of aliphatic hydroxyl groups is 1. The number of pyridine rings is 1. The first-order chi connectivity index (χ1) is 8.99. The van der Waals surface area contributed by atoms with Crippen LogP contribution in [0, 0.1) is 5.41 Å². The molecule has 19 heavy (non-hydrogen) atoms. The molecular weight excluding hydrogens is 234 g/mol. The third kappa shape index (κ3) is 2.37. The Morgan fingerprint density at radius 1 is 1.16 bits per heavy atom. The Bertz CT molecular complexity index is 605. The molecule has 0 amide bonds. The SMILES string of the molecule is CC1(C)CCCC(O)(c2ccc3ncccc3c2)C1. The largest absolute Gasteiger partial charge is 0.385 e. The number of fused-ring (bicyclic) bond motifs is 1. The van der Waals surface area contributed by atoms with E-state index in [1.54, 1.807) is 6.20 Å². The summed E-state index contributed by atoms with van der Waals surface area (Å²) in [7, 11) is 0. The van der Waals surface area contributed by atoms with Crippen molar-refractivity contribution in [2.75, 3.05) is 0 Å². The van der Waals surface area contributed by atoms with Gasteiger partial charge < -0.3 is 5.11 Å². The van der Waals surface area contributed by atoms with Gasteiger partial charge in [0.05, 0.1) is 11.1 Å². The van der Waals surface area contributed by atoms with Crippen LogP contribution in [0.4, 0.5) is 0 Å². The summed E-state index contributed by atoms with van der Waals surface area (Å²) in [5.41, 5.74) is 1.58. The zero-order chi connectivity index (χ0) is 13.5. The van der Waals surface area contributed by atoms with Crippen molar-refractivity contribution in [3.8, 4) is 0 Å². The Balaban J connectivity index is 2.03. The molecule has 0 aliphatic heterocycles. The first-order valence-corrected chi connectivity index (χ1v) is 7.06. The molecule has 100 valence electrons. The van der Waals surface area contributed by atoms with Gasteiger partial charge in [-0.2, -0.15) is 0 Å². The number of benzene rings is 1. The maximum Gasteiger partial charge on any atom is 0.0901 e. The molecule has 0 radical (unpaired) electrons. The molecule has 1 aromatic heterocycles. The summed E-state index contributed by atoms with van der Waals surface area (Å²) in [6, 6.07) is 10.2. The minimum Gasteiger partial charge on any atom is -0.385 e. The van der Waals surface area contributed by atoms with Gasteiger partial charge in [0.2, 0.25) is 0 Å². The molecular formula is C17H21NO. The quantitative estimate of drug-likeness (QED) is 0.834. The van der Waals surface area contributed by atoms with Crippen LogP contribution < -0.4 is 0 Å². The van der Waals surface area contributed by atoms with Crippen LogP contribution in [-0.2, 0) is 5.60 Å². The van der Waals surface area contributed by atoms with Crippen molar-refractivity contribution in [3.05, 3.63) is 42.1 Å². The molecule has 1 N–H and O–H groups in total. The molecule has 2 aromatic rings. The van der Waals surface area contributed by atoms with Gasteiger partial charge in [-0.3, -0.25) is 4.98 Å². The van der Waals surface area contributed by atoms with E-state index in [-0.39, 0.29) is 5.41 Å². The summed E-state index contributed by atoms with van der Waals surface area (Å²) < 4.78 is 0. The third-order valence-electron chi connectivity index (χ3n) is 4.36. The third-order valence-corrected chi connectivity index (χ3v) is 4.36. The van der Waals surface area contributed by atoms with Gasteiger partial charge in [0.25, 0.3) is 0 Å². The molecule has 1 unspecified atom stereocenters. The predicted octanol–water partition coefficient (Wildman–Crippen LogP) is 4.02. The van der Waals surface area contributed by atoms with E-state index in [9.17, 15) is 5.11 Å². The van der Waals surface area contributed by atoms with Gasteiger partial charge in [-0.1, -0.05) is 26.0 Å². The highest BCUT2D eigenvalue weighted by atomic mass is 16.3. The zero-order valence-electron chi connectivity index (χ0n) is 11.7.